The lowest BCUT2D eigenvalue weighted by molar-refractivity contribution is 0.256. The third kappa shape index (κ3) is 3.81. The minimum absolute atomic E-state index is 0.296. The molecule has 0 saturated carbocycles. The summed E-state index contributed by atoms with van der Waals surface area (Å²) in [6.45, 7) is 3.97. The Morgan fingerprint density at radius 3 is 2.71 bits per heavy atom. The van der Waals surface area contributed by atoms with E-state index in [-0.39, 0.29) is 11.8 Å². The number of aromatic nitrogens is 1. The van der Waals surface area contributed by atoms with E-state index in [0.29, 0.717) is 18.8 Å². The normalized spacial score (nSPS) is 13.2. The monoisotopic (exact) mass is 376 g/mol. The zero-order valence-electron chi connectivity index (χ0n) is 15.6. The summed E-state index contributed by atoms with van der Waals surface area (Å²) in [4.78, 5) is 21.1. The molecule has 1 aliphatic heterocycles. The van der Waals surface area contributed by atoms with Crippen LogP contribution in [0.5, 0.6) is 0 Å². The number of nitrogens with zero attached hydrogens (tertiary/aromatic N) is 3. The first-order chi connectivity index (χ1) is 13.6. The zero-order valence-corrected chi connectivity index (χ0v) is 15.6. The second kappa shape index (κ2) is 7.68. The van der Waals surface area contributed by atoms with Gasteiger partial charge >= 0.3 is 6.03 Å². The van der Waals surface area contributed by atoms with Gasteiger partial charge in [0.05, 0.1) is 5.69 Å². The molecule has 28 heavy (non-hydrogen) atoms. The Labute approximate surface area is 163 Å². The predicted molar refractivity (Wildman–Crippen MR) is 109 cm³/mol. The van der Waals surface area contributed by atoms with Crippen molar-refractivity contribution in [2.45, 2.75) is 13.5 Å². The highest BCUT2D eigenvalue weighted by molar-refractivity contribution is 6.04. The van der Waals surface area contributed by atoms with Crippen LogP contribution in [-0.2, 0) is 6.54 Å². The Bertz CT molecular complexity index is 990. The van der Waals surface area contributed by atoms with Crippen LogP contribution in [0.3, 0.4) is 0 Å². The highest BCUT2D eigenvalue weighted by Crippen LogP contribution is 2.32. The summed E-state index contributed by atoms with van der Waals surface area (Å²) in [5, 5.41) is 2.76. The van der Waals surface area contributed by atoms with Crippen LogP contribution in [0.1, 0.15) is 11.1 Å². The van der Waals surface area contributed by atoms with Gasteiger partial charge in [-0.3, -0.25) is 4.90 Å². The van der Waals surface area contributed by atoms with Gasteiger partial charge in [0, 0.05) is 31.5 Å². The number of rotatable bonds is 3. The summed E-state index contributed by atoms with van der Waals surface area (Å²) >= 11 is 0. The molecule has 0 fully saturated rings. The molecule has 1 aliphatic rings. The molecule has 0 unspecified atom stereocenters. The Balaban J connectivity index is 1.55. The Hall–Kier alpha value is -3.41. The molecule has 0 radical (unpaired) electrons. The fourth-order valence-electron chi connectivity index (χ4n) is 3.33. The van der Waals surface area contributed by atoms with Crippen molar-refractivity contribution in [3.63, 3.8) is 0 Å². The van der Waals surface area contributed by atoms with Crippen LogP contribution < -0.4 is 15.1 Å². The summed E-state index contributed by atoms with van der Waals surface area (Å²) in [6.07, 6.45) is 1.73. The van der Waals surface area contributed by atoms with E-state index in [1.807, 2.05) is 12.1 Å². The largest absolute Gasteiger partial charge is 0.349 e. The van der Waals surface area contributed by atoms with Crippen molar-refractivity contribution in [3.8, 4) is 0 Å². The topological polar surface area (TPSA) is 48.5 Å². The van der Waals surface area contributed by atoms with Gasteiger partial charge in [0.15, 0.2) is 5.82 Å². The fourth-order valence-corrected chi connectivity index (χ4v) is 3.33. The van der Waals surface area contributed by atoms with E-state index in [2.05, 4.69) is 46.4 Å². The van der Waals surface area contributed by atoms with Crippen LogP contribution in [0.15, 0.2) is 66.9 Å². The van der Waals surface area contributed by atoms with Gasteiger partial charge in [-0.1, -0.05) is 35.9 Å². The Morgan fingerprint density at radius 2 is 1.93 bits per heavy atom. The van der Waals surface area contributed by atoms with Gasteiger partial charge in [-0.05, 0) is 42.8 Å². The molecule has 1 aromatic heterocycles. The second-order valence-electron chi connectivity index (χ2n) is 6.85. The first kappa shape index (κ1) is 18.0. The maximum Gasteiger partial charge on any atom is 0.326 e. The van der Waals surface area contributed by atoms with Crippen LogP contribution in [0.2, 0.25) is 0 Å². The van der Waals surface area contributed by atoms with E-state index < -0.39 is 0 Å². The van der Waals surface area contributed by atoms with Crippen LogP contribution >= 0.6 is 0 Å². The van der Waals surface area contributed by atoms with Gasteiger partial charge < -0.3 is 10.2 Å². The average molecular weight is 376 g/mol. The number of amides is 2. The number of aryl methyl sites for hydroxylation is 1. The van der Waals surface area contributed by atoms with E-state index in [0.717, 1.165) is 18.1 Å². The maximum absolute atomic E-state index is 13.4. The molecule has 2 heterocycles. The number of carbonyl (C=O) groups excluding carboxylic acids is 1. The molecule has 0 atom stereocenters. The molecule has 6 heteroatoms. The van der Waals surface area contributed by atoms with Crippen molar-refractivity contribution in [1.82, 2.24) is 4.98 Å². The van der Waals surface area contributed by atoms with Crippen molar-refractivity contribution in [3.05, 3.63) is 83.8 Å². The lowest BCUT2D eigenvalue weighted by Crippen LogP contribution is -2.46. The molecule has 1 N–H and O–H groups in total. The summed E-state index contributed by atoms with van der Waals surface area (Å²) in [5.74, 6) is 0.381. The Morgan fingerprint density at radius 1 is 1.11 bits per heavy atom. The highest BCUT2D eigenvalue weighted by atomic mass is 19.1. The first-order valence-electron chi connectivity index (χ1n) is 9.20. The number of fused-ring (bicyclic) bond motifs is 1. The second-order valence-corrected chi connectivity index (χ2v) is 6.85. The maximum atomic E-state index is 13.4. The molecule has 0 spiro atoms. The van der Waals surface area contributed by atoms with E-state index in [9.17, 15) is 9.18 Å². The van der Waals surface area contributed by atoms with Crippen molar-refractivity contribution in [2.24, 2.45) is 0 Å². The molecular weight excluding hydrogens is 355 g/mol. The van der Waals surface area contributed by atoms with Crippen LogP contribution in [0, 0.1) is 12.7 Å². The minimum atomic E-state index is -0.386. The molecule has 3 aromatic rings. The summed E-state index contributed by atoms with van der Waals surface area (Å²) < 4.78 is 13.4. The molecular formula is C22H21FN4O. The molecule has 5 nitrogen and oxygen atoms in total. The molecule has 2 amide bonds. The molecule has 0 aliphatic carbocycles. The van der Waals surface area contributed by atoms with Crippen molar-refractivity contribution >= 4 is 23.2 Å². The number of urea groups is 1. The van der Waals surface area contributed by atoms with Gasteiger partial charge in [-0.15, -0.1) is 0 Å². The fraction of sp³-hybridized carbons (Fsp3) is 0.182. The quantitative estimate of drug-likeness (QED) is 0.727. The summed E-state index contributed by atoms with van der Waals surface area (Å²) in [7, 11) is 0. The van der Waals surface area contributed by atoms with Crippen LogP contribution in [0.4, 0.5) is 26.4 Å². The van der Waals surface area contributed by atoms with Gasteiger partial charge in [-0.25, -0.2) is 14.2 Å². The lowest BCUT2D eigenvalue weighted by Gasteiger charge is -2.36. The third-order valence-electron chi connectivity index (χ3n) is 4.77. The number of hydrogen-bond donors (Lipinski definition) is 1. The minimum Gasteiger partial charge on any atom is -0.349 e. The van der Waals surface area contributed by atoms with Crippen molar-refractivity contribution < 1.29 is 9.18 Å². The summed E-state index contributed by atoms with van der Waals surface area (Å²) in [6, 6.07) is 17.7. The number of carbonyl (C=O) groups is 1. The van der Waals surface area contributed by atoms with E-state index in [4.69, 9.17) is 0 Å². The van der Waals surface area contributed by atoms with Gasteiger partial charge in [0.1, 0.15) is 5.82 Å². The number of nitrogens with one attached hydrogen (secondary N) is 1. The van der Waals surface area contributed by atoms with Crippen molar-refractivity contribution in [2.75, 3.05) is 28.2 Å². The van der Waals surface area contributed by atoms with E-state index in [1.165, 1.54) is 23.3 Å². The Kier molecular flexibility index (Phi) is 4.93. The standard InChI is InChI=1S/C22H21FN4O/c1-16-7-9-17(10-8-16)15-26-12-13-27(20-6-3-11-24-21(20)26)22(28)25-19-5-2-4-18(23)14-19/h2-11,14H,12-13,15H2,1H3,(H,25,28). The third-order valence-corrected chi connectivity index (χ3v) is 4.77. The molecule has 2 aromatic carbocycles. The van der Waals surface area contributed by atoms with E-state index >= 15 is 0 Å². The molecule has 0 saturated heterocycles. The van der Waals surface area contributed by atoms with Crippen LogP contribution in [-0.4, -0.2) is 24.1 Å². The van der Waals surface area contributed by atoms with Crippen LogP contribution in [0.25, 0.3) is 0 Å². The number of hydrogen-bond acceptors (Lipinski definition) is 3. The lowest BCUT2D eigenvalue weighted by atomic mass is 10.1. The number of pyridine rings is 1. The average Bonchev–Trinajstić information content (AvgIpc) is 2.70. The SMILES string of the molecule is Cc1ccc(CN2CCN(C(=O)Nc3cccc(F)c3)c3cccnc32)cc1. The first-order valence-corrected chi connectivity index (χ1v) is 9.20. The number of halogens is 1. The highest BCUT2D eigenvalue weighted by Gasteiger charge is 2.27. The van der Waals surface area contributed by atoms with Gasteiger partial charge in [0.25, 0.3) is 0 Å². The molecule has 142 valence electrons. The van der Waals surface area contributed by atoms with Crippen molar-refractivity contribution in [1.29, 1.82) is 0 Å². The number of anilines is 3. The predicted octanol–water partition coefficient (Wildman–Crippen LogP) is 4.59. The smallest absolute Gasteiger partial charge is 0.326 e. The number of benzene rings is 2. The zero-order chi connectivity index (χ0) is 19.5. The van der Waals surface area contributed by atoms with Gasteiger partial charge in [-0.2, -0.15) is 0 Å². The summed E-state index contributed by atoms with van der Waals surface area (Å²) in [5.41, 5.74) is 3.59. The molecule has 0 bridgehead atoms. The molecule has 4 rings (SSSR count). The van der Waals surface area contributed by atoms with E-state index in [1.54, 1.807) is 23.2 Å². The van der Waals surface area contributed by atoms with Gasteiger partial charge in [0.2, 0.25) is 0 Å².